The molecule has 0 atom stereocenters. The average molecular weight is 361 g/mol. The number of halogens is 1. The molecule has 0 spiro atoms. The summed E-state index contributed by atoms with van der Waals surface area (Å²) in [5.41, 5.74) is 5.18. The first-order chi connectivity index (χ1) is 11.1. The van der Waals surface area contributed by atoms with E-state index < -0.39 is 0 Å². The van der Waals surface area contributed by atoms with Crippen molar-refractivity contribution < 1.29 is 14.4 Å². The number of hydrogen-bond donors (Lipinski definition) is 2. The van der Waals surface area contributed by atoms with Crippen molar-refractivity contribution in [3.63, 3.8) is 0 Å². The lowest BCUT2D eigenvalue weighted by Gasteiger charge is -2.35. The van der Waals surface area contributed by atoms with Crippen molar-refractivity contribution in [2.45, 2.75) is 38.5 Å². The Labute approximate surface area is 149 Å². The Morgan fingerprint density at radius 1 is 0.958 bits per heavy atom. The van der Waals surface area contributed by atoms with E-state index in [-0.39, 0.29) is 43.2 Å². The summed E-state index contributed by atoms with van der Waals surface area (Å²) in [4.78, 5) is 38.8. The van der Waals surface area contributed by atoms with Crippen LogP contribution in [0.1, 0.15) is 38.5 Å². The van der Waals surface area contributed by atoms with Crippen LogP contribution in [0.15, 0.2) is 0 Å². The van der Waals surface area contributed by atoms with Crippen molar-refractivity contribution in [1.82, 2.24) is 15.1 Å². The number of amides is 3. The Kier molecular flexibility index (Phi) is 9.07. The summed E-state index contributed by atoms with van der Waals surface area (Å²) in [7, 11) is 0. The van der Waals surface area contributed by atoms with E-state index in [9.17, 15) is 14.4 Å². The number of nitrogens with zero attached hydrogens (tertiary/aromatic N) is 2. The van der Waals surface area contributed by atoms with Gasteiger partial charge in [0.05, 0.1) is 13.1 Å². The third kappa shape index (κ3) is 6.28. The maximum Gasteiger partial charge on any atom is 0.242 e. The second-order valence-corrected chi connectivity index (χ2v) is 6.43. The van der Waals surface area contributed by atoms with Gasteiger partial charge in [0.15, 0.2) is 0 Å². The largest absolute Gasteiger partial charge is 0.346 e. The first kappa shape index (κ1) is 20.7. The molecule has 2 rings (SSSR count). The van der Waals surface area contributed by atoms with Gasteiger partial charge in [0, 0.05) is 32.6 Å². The molecule has 0 aromatic rings. The number of piperazine rings is 1. The van der Waals surface area contributed by atoms with E-state index in [1.807, 2.05) is 4.90 Å². The predicted molar refractivity (Wildman–Crippen MR) is 93.7 cm³/mol. The highest BCUT2D eigenvalue weighted by Gasteiger charge is 2.25. The van der Waals surface area contributed by atoms with Gasteiger partial charge < -0.3 is 20.9 Å². The van der Waals surface area contributed by atoms with Crippen LogP contribution >= 0.6 is 12.4 Å². The summed E-state index contributed by atoms with van der Waals surface area (Å²) in [5.74, 6) is 0.484. The minimum absolute atomic E-state index is 0. The topological polar surface area (TPSA) is 95.7 Å². The molecule has 2 fully saturated rings. The van der Waals surface area contributed by atoms with Gasteiger partial charge in [0.1, 0.15) is 0 Å². The van der Waals surface area contributed by atoms with Gasteiger partial charge in [-0.1, -0.05) is 25.7 Å². The molecule has 1 saturated heterocycles. The number of nitrogens with two attached hydrogens (primary N) is 1. The van der Waals surface area contributed by atoms with E-state index in [2.05, 4.69) is 5.32 Å². The fourth-order valence-corrected chi connectivity index (χ4v) is 3.35. The van der Waals surface area contributed by atoms with Crippen LogP contribution in [0.5, 0.6) is 0 Å². The van der Waals surface area contributed by atoms with Gasteiger partial charge in [-0.15, -0.1) is 12.4 Å². The van der Waals surface area contributed by atoms with E-state index in [0.717, 1.165) is 12.3 Å². The van der Waals surface area contributed by atoms with Gasteiger partial charge >= 0.3 is 0 Å². The lowest BCUT2D eigenvalue weighted by molar-refractivity contribution is -0.139. The number of nitrogens with one attached hydrogen (secondary N) is 1. The minimum Gasteiger partial charge on any atom is -0.346 e. The van der Waals surface area contributed by atoms with Gasteiger partial charge in [-0.3, -0.25) is 14.4 Å². The van der Waals surface area contributed by atoms with Crippen molar-refractivity contribution in [2.24, 2.45) is 11.7 Å². The number of carbonyl (C=O) groups excluding carboxylic acids is 3. The van der Waals surface area contributed by atoms with Crippen molar-refractivity contribution in [3.8, 4) is 0 Å². The smallest absolute Gasteiger partial charge is 0.242 e. The van der Waals surface area contributed by atoms with Gasteiger partial charge in [0.2, 0.25) is 17.7 Å². The molecule has 8 heteroatoms. The van der Waals surface area contributed by atoms with Crippen LogP contribution in [0.3, 0.4) is 0 Å². The number of carbonyl (C=O) groups is 3. The first-order valence-corrected chi connectivity index (χ1v) is 8.62. The van der Waals surface area contributed by atoms with E-state index in [1.54, 1.807) is 4.90 Å². The minimum atomic E-state index is -0.334. The van der Waals surface area contributed by atoms with E-state index in [1.165, 1.54) is 25.7 Å². The van der Waals surface area contributed by atoms with Crippen molar-refractivity contribution >= 4 is 30.1 Å². The highest BCUT2D eigenvalue weighted by Crippen LogP contribution is 2.28. The summed E-state index contributed by atoms with van der Waals surface area (Å²) < 4.78 is 0. The molecule has 0 bridgehead atoms. The van der Waals surface area contributed by atoms with Gasteiger partial charge in [0.25, 0.3) is 0 Å². The molecule has 0 unspecified atom stereocenters. The Hall–Kier alpha value is -1.34. The normalized spacial score (nSPS) is 18.2. The van der Waals surface area contributed by atoms with Crippen LogP contribution in [0.2, 0.25) is 0 Å². The number of rotatable bonds is 6. The fourth-order valence-electron chi connectivity index (χ4n) is 3.35. The van der Waals surface area contributed by atoms with Crippen molar-refractivity contribution in [2.75, 3.05) is 39.3 Å². The second-order valence-electron chi connectivity index (χ2n) is 6.43. The standard InChI is InChI=1S/C16H28N4O3.ClH/c17-11-14(21)18-12-16(23)20-9-7-19(8-10-20)15(22)6-5-13-3-1-2-4-13;/h13H,1-12,17H2,(H,18,21);1H. The van der Waals surface area contributed by atoms with Crippen LogP contribution in [-0.2, 0) is 14.4 Å². The molecular weight excluding hydrogens is 332 g/mol. The molecule has 0 radical (unpaired) electrons. The van der Waals surface area contributed by atoms with E-state index in [0.29, 0.717) is 32.6 Å². The molecule has 1 saturated carbocycles. The van der Waals surface area contributed by atoms with Gasteiger partial charge in [-0.05, 0) is 12.3 Å². The molecule has 2 aliphatic rings. The molecule has 3 amide bonds. The van der Waals surface area contributed by atoms with Gasteiger partial charge in [-0.2, -0.15) is 0 Å². The van der Waals surface area contributed by atoms with E-state index >= 15 is 0 Å². The molecule has 3 N–H and O–H groups in total. The lowest BCUT2D eigenvalue weighted by atomic mass is 10.0. The van der Waals surface area contributed by atoms with Crippen LogP contribution < -0.4 is 11.1 Å². The zero-order chi connectivity index (χ0) is 16.7. The Morgan fingerprint density at radius 2 is 1.50 bits per heavy atom. The number of hydrogen-bond acceptors (Lipinski definition) is 4. The monoisotopic (exact) mass is 360 g/mol. The van der Waals surface area contributed by atoms with Crippen LogP contribution in [0.25, 0.3) is 0 Å². The molecule has 24 heavy (non-hydrogen) atoms. The second kappa shape index (κ2) is 10.5. The molecule has 1 aliphatic heterocycles. The predicted octanol–water partition coefficient (Wildman–Crippen LogP) is 0.124. The summed E-state index contributed by atoms with van der Waals surface area (Å²) in [6.07, 6.45) is 6.78. The summed E-state index contributed by atoms with van der Waals surface area (Å²) in [5, 5.41) is 2.48. The quantitative estimate of drug-likeness (QED) is 0.703. The van der Waals surface area contributed by atoms with Crippen LogP contribution in [-0.4, -0.2) is 66.8 Å². The van der Waals surface area contributed by atoms with Crippen LogP contribution in [0.4, 0.5) is 0 Å². The molecule has 7 nitrogen and oxygen atoms in total. The summed E-state index contributed by atoms with van der Waals surface area (Å²) in [6.45, 7) is 2.10. The zero-order valence-electron chi connectivity index (χ0n) is 14.2. The maximum absolute atomic E-state index is 12.2. The average Bonchev–Trinajstić information content (AvgIpc) is 3.10. The first-order valence-electron chi connectivity index (χ1n) is 8.62. The SMILES string of the molecule is Cl.NCC(=O)NCC(=O)N1CCN(C(=O)CCC2CCCC2)CC1. The van der Waals surface area contributed by atoms with E-state index in [4.69, 9.17) is 5.73 Å². The van der Waals surface area contributed by atoms with Crippen LogP contribution in [0, 0.1) is 5.92 Å². The summed E-state index contributed by atoms with van der Waals surface area (Å²) in [6, 6.07) is 0. The fraction of sp³-hybridized carbons (Fsp3) is 0.812. The summed E-state index contributed by atoms with van der Waals surface area (Å²) >= 11 is 0. The third-order valence-corrected chi connectivity index (χ3v) is 4.85. The van der Waals surface area contributed by atoms with Crippen molar-refractivity contribution in [1.29, 1.82) is 0 Å². The molecule has 1 aliphatic carbocycles. The third-order valence-electron chi connectivity index (χ3n) is 4.85. The molecular formula is C16H29ClN4O3. The Balaban J connectivity index is 0.00000288. The highest BCUT2D eigenvalue weighted by molar-refractivity contribution is 5.86. The van der Waals surface area contributed by atoms with Gasteiger partial charge in [-0.25, -0.2) is 0 Å². The molecule has 0 aromatic carbocycles. The van der Waals surface area contributed by atoms with Crippen molar-refractivity contribution in [3.05, 3.63) is 0 Å². The Morgan fingerprint density at radius 3 is 2.04 bits per heavy atom. The Bertz CT molecular complexity index is 433. The molecule has 0 aromatic heterocycles. The molecule has 138 valence electrons. The highest BCUT2D eigenvalue weighted by atomic mass is 35.5. The lowest BCUT2D eigenvalue weighted by Crippen LogP contribution is -2.52. The zero-order valence-corrected chi connectivity index (χ0v) is 15.0. The molecule has 1 heterocycles. The maximum atomic E-state index is 12.2.